The summed E-state index contributed by atoms with van der Waals surface area (Å²) in [6.07, 6.45) is 1.52. The second-order valence-corrected chi connectivity index (χ2v) is 8.47. The molecule has 7 nitrogen and oxygen atoms in total. The summed E-state index contributed by atoms with van der Waals surface area (Å²) >= 11 is 0. The van der Waals surface area contributed by atoms with Crippen molar-refractivity contribution < 1.29 is 9.90 Å². The Kier molecular flexibility index (Phi) is 5.54. The molecule has 0 aliphatic carbocycles. The van der Waals surface area contributed by atoms with Crippen LogP contribution in [-0.4, -0.2) is 27.4 Å². The lowest BCUT2D eigenvalue weighted by molar-refractivity contribution is 0.0949. The minimum atomic E-state index is -0.534. The van der Waals surface area contributed by atoms with Gasteiger partial charge in [0.2, 0.25) is 0 Å². The molecule has 7 heteroatoms. The number of aromatic amines is 1. The molecular weight excluding hydrogens is 344 g/mol. The van der Waals surface area contributed by atoms with E-state index >= 15 is 0 Å². The zero-order valence-corrected chi connectivity index (χ0v) is 16.5. The number of aromatic hydroxyl groups is 1. The first-order chi connectivity index (χ1) is 12.4. The van der Waals surface area contributed by atoms with Crippen LogP contribution in [-0.2, 0) is 10.8 Å². The number of amides is 1. The molecule has 0 radical (unpaired) electrons. The standard InChI is InChI=1S/C20H26N4O3/c1-19(2,3)13-9-12(10-14(17(13)26)20(4,5)6)11-21-24-18(27)15-7-8-16(25)23-22-15/h7-11,26H,1-6H3,(H,23,25)(H,24,27). The van der Waals surface area contributed by atoms with Crippen LogP contribution in [0.4, 0.5) is 0 Å². The highest BCUT2D eigenvalue weighted by Gasteiger charge is 2.26. The molecule has 0 atom stereocenters. The van der Waals surface area contributed by atoms with Crippen LogP contribution in [0.25, 0.3) is 0 Å². The first-order valence-electron chi connectivity index (χ1n) is 8.66. The maximum absolute atomic E-state index is 12.0. The van der Waals surface area contributed by atoms with E-state index in [0.717, 1.165) is 16.7 Å². The summed E-state index contributed by atoms with van der Waals surface area (Å²) in [4.78, 5) is 23.0. The highest BCUT2D eigenvalue weighted by molar-refractivity contribution is 5.93. The minimum absolute atomic E-state index is 0.0585. The van der Waals surface area contributed by atoms with Crippen molar-refractivity contribution in [3.05, 3.63) is 57.0 Å². The molecule has 144 valence electrons. The number of hydrogen-bond acceptors (Lipinski definition) is 5. The molecule has 27 heavy (non-hydrogen) atoms. The number of rotatable bonds is 3. The van der Waals surface area contributed by atoms with E-state index in [4.69, 9.17) is 0 Å². The van der Waals surface area contributed by atoms with Crippen molar-refractivity contribution in [3.8, 4) is 5.75 Å². The van der Waals surface area contributed by atoms with Gasteiger partial charge in [0.1, 0.15) is 5.75 Å². The van der Waals surface area contributed by atoms with Gasteiger partial charge in [-0.3, -0.25) is 9.59 Å². The molecule has 3 N–H and O–H groups in total. The third kappa shape index (κ3) is 5.03. The lowest BCUT2D eigenvalue weighted by Crippen LogP contribution is -2.21. The fraction of sp³-hybridized carbons (Fsp3) is 0.400. The third-order valence-corrected chi connectivity index (χ3v) is 4.04. The van der Waals surface area contributed by atoms with Gasteiger partial charge in [0, 0.05) is 17.2 Å². The van der Waals surface area contributed by atoms with Gasteiger partial charge in [-0.05, 0) is 34.6 Å². The lowest BCUT2D eigenvalue weighted by Gasteiger charge is -2.27. The van der Waals surface area contributed by atoms with E-state index < -0.39 is 5.91 Å². The third-order valence-electron chi connectivity index (χ3n) is 4.04. The average molecular weight is 370 g/mol. The summed E-state index contributed by atoms with van der Waals surface area (Å²) in [6.45, 7) is 12.2. The van der Waals surface area contributed by atoms with Gasteiger partial charge in [-0.1, -0.05) is 41.5 Å². The maximum Gasteiger partial charge on any atom is 0.291 e. The predicted octanol–water partition coefficient (Wildman–Crippen LogP) is 2.83. The highest BCUT2D eigenvalue weighted by atomic mass is 16.3. The molecule has 0 bridgehead atoms. The molecule has 1 heterocycles. The number of hydrogen-bond donors (Lipinski definition) is 3. The largest absolute Gasteiger partial charge is 0.507 e. The van der Waals surface area contributed by atoms with Crippen LogP contribution in [0.15, 0.2) is 34.2 Å². The maximum atomic E-state index is 12.0. The fourth-order valence-electron chi connectivity index (χ4n) is 2.57. The molecule has 2 rings (SSSR count). The van der Waals surface area contributed by atoms with E-state index in [0.29, 0.717) is 0 Å². The van der Waals surface area contributed by atoms with Gasteiger partial charge in [-0.2, -0.15) is 10.2 Å². The summed E-state index contributed by atoms with van der Waals surface area (Å²) in [6, 6.07) is 6.26. The zero-order valence-electron chi connectivity index (χ0n) is 16.5. The van der Waals surface area contributed by atoms with Crippen molar-refractivity contribution >= 4 is 12.1 Å². The Bertz CT molecular complexity index is 876. The van der Waals surface area contributed by atoms with Gasteiger partial charge >= 0.3 is 0 Å². The Morgan fingerprint density at radius 1 is 1.11 bits per heavy atom. The molecule has 1 aromatic heterocycles. The van der Waals surface area contributed by atoms with Crippen molar-refractivity contribution in [1.29, 1.82) is 0 Å². The molecule has 0 saturated carbocycles. The van der Waals surface area contributed by atoms with Crippen LogP contribution in [0.5, 0.6) is 5.75 Å². The minimum Gasteiger partial charge on any atom is -0.507 e. The van der Waals surface area contributed by atoms with Crippen molar-refractivity contribution in [1.82, 2.24) is 15.6 Å². The summed E-state index contributed by atoms with van der Waals surface area (Å²) in [5.41, 5.74) is 3.93. The van der Waals surface area contributed by atoms with Gasteiger partial charge in [0.25, 0.3) is 11.5 Å². The Morgan fingerprint density at radius 2 is 1.67 bits per heavy atom. The van der Waals surface area contributed by atoms with E-state index in [1.54, 1.807) is 0 Å². The molecule has 2 aromatic rings. The topological polar surface area (TPSA) is 107 Å². The molecular formula is C20H26N4O3. The number of carbonyl (C=O) groups excluding carboxylic acids is 1. The van der Waals surface area contributed by atoms with Crippen LogP contribution in [0.2, 0.25) is 0 Å². The van der Waals surface area contributed by atoms with Crippen LogP contribution in [0.1, 0.15) is 68.7 Å². The fourth-order valence-corrected chi connectivity index (χ4v) is 2.57. The molecule has 0 saturated heterocycles. The predicted molar refractivity (Wildman–Crippen MR) is 105 cm³/mol. The number of nitrogens with zero attached hydrogens (tertiary/aromatic N) is 2. The lowest BCUT2D eigenvalue weighted by atomic mass is 9.78. The summed E-state index contributed by atoms with van der Waals surface area (Å²) in [5.74, 6) is -0.248. The Balaban J connectivity index is 2.32. The normalized spacial score (nSPS) is 12.4. The van der Waals surface area contributed by atoms with E-state index in [2.05, 4.69) is 20.7 Å². The molecule has 1 amide bonds. The zero-order chi connectivity index (χ0) is 20.4. The number of hydrazone groups is 1. The van der Waals surface area contributed by atoms with Crippen molar-refractivity contribution in [2.24, 2.45) is 5.10 Å². The first kappa shape index (κ1) is 20.4. The highest BCUT2D eigenvalue weighted by Crippen LogP contribution is 2.39. The Labute approximate surface area is 158 Å². The molecule has 1 aromatic carbocycles. The first-order valence-corrected chi connectivity index (χ1v) is 8.66. The van der Waals surface area contributed by atoms with Gasteiger partial charge in [0.05, 0.1) is 6.21 Å². The van der Waals surface area contributed by atoms with Crippen LogP contribution < -0.4 is 11.0 Å². The van der Waals surface area contributed by atoms with Gasteiger partial charge in [-0.25, -0.2) is 10.5 Å². The van der Waals surface area contributed by atoms with Gasteiger partial charge in [-0.15, -0.1) is 0 Å². The number of phenolic OH excluding ortho intramolecular Hbond substituents is 1. The molecule has 0 aliphatic rings. The van der Waals surface area contributed by atoms with E-state index in [1.807, 2.05) is 53.7 Å². The SMILES string of the molecule is CC(C)(C)c1cc(C=NNC(=O)c2ccc(=O)[nH]n2)cc(C(C)(C)C)c1O. The van der Waals surface area contributed by atoms with Crippen LogP contribution in [0, 0.1) is 0 Å². The number of benzene rings is 1. The average Bonchev–Trinajstić information content (AvgIpc) is 2.54. The van der Waals surface area contributed by atoms with E-state index in [1.165, 1.54) is 18.3 Å². The van der Waals surface area contributed by atoms with E-state index in [9.17, 15) is 14.7 Å². The van der Waals surface area contributed by atoms with Gasteiger partial charge < -0.3 is 5.11 Å². The van der Waals surface area contributed by atoms with Gasteiger partial charge in [0.15, 0.2) is 5.69 Å². The summed E-state index contributed by atoms with van der Waals surface area (Å²) < 4.78 is 0. The molecule has 0 spiro atoms. The van der Waals surface area contributed by atoms with Crippen molar-refractivity contribution in [3.63, 3.8) is 0 Å². The van der Waals surface area contributed by atoms with Crippen molar-refractivity contribution in [2.45, 2.75) is 52.4 Å². The quantitative estimate of drug-likeness (QED) is 0.570. The number of phenols is 1. The smallest absolute Gasteiger partial charge is 0.291 e. The Hall–Kier alpha value is -2.96. The molecule has 0 aliphatic heterocycles. The molecule has 0 fully saturated rings. The summed E-state index contributed by atoms with van der Waals surface area (Å²) in [5, 5.41) is 20.5. The number of H-pyrrole nitrogens is 1. The summed E-state index contributed by atoms with van der Waals surface area (Å²) in [7, 11) is 0. The van der Waals surface area contributed by atoms with Crippen LogP contribution in [0.3, 0.4) is 0 Å². The number of aromatic nitrogens is 2. The second kappa shape index (κ2) is 7.34. The van der Waals surface area contributed by atoms with E-state index in [-0.39, 0.29) is 27.8 Å². The molecule has 0 unspecified atom stereocenters. The monoisotopic (exact) mass is 370 g/mol. The van der Waals surface area contributed by atoms with Crippen molar-refractivity contribution in [2.75, 3.05) is 0 Å². The number of carbonyl (C=O) groups is 1. The second-order valence-electron chi connectivity index (χ2n) is 8.47. The Morgan fingerprint density at radius 3 is 2.11 bits per heavy atom. The van der Waals surface area contributed by atoms with Crippen LogP contribution >= 0.6 is 0 Å². The number of nitrogens with one attached hydrogen (secondary N) is 2.